The Kier molecular flexibility index (Phi) is 3.38. The van der Waals surface area contributed by atoms with Crippen LogP contribution in [0.15, 0.2) is 18.2 Å². The highest BCUT2D eigenvalue weighted by Crippen LogP contribution is 2.28. The van der Waals surface area contributed by atoms with Crippen molar-refractivity contribution in [2.24, 2.45) is 0 Å². The minimum Gasteiger partial charge on any atom is -0.311 e. The van der Waals surface area contributed by atoms with Crippen molar-refractivity contribution in [2.75, 3.05) is 18.5 Å². The molecule has 0 aromatic heterocycles. The molecule has 16 heavy (non-hydrogen) atoms. The van der Waals surface area contributed by atoms with Crippen LogP contribution in [0, 0.1) is 0 Å². The van der Waals surface area contributed by atoms with E-state index in [-0.39, 0.29) is 11.9 Å². The SMILES string of the molecule is CNC1CCN(c2cc(Cl)cc(Cl)c2)C1=O. The van der Waals surface area contributed by atoms with Crippen molar-refractivity contribution < 1.29 is 4.79 Å². The Morgan fingerprint density at radius 3 is 2.44 bits per heavy atom. The van der Waals surface area contributed by atoms with Crippen LogP contribution in [-0.4, -0.2) is 25.5 Å². The molecular formula is C11H12Cl2N2O. The molecule has 3 nitrogen and oxygen atoms in total. The van der Waals surface area contributed by atoms with E-state index < -0.39 is 0 Å². The lowest BCUT2D eigenvalue weighted by molar-refractivity contribution is -0.118. The monoisotopic (exact) mass is 258 g/mol. The fourth-order valence-electron chi connectivity index (χ4n) is 1.90. The molecule has 0 aliphatic carbocycles. The number of hydrogen-bond acceptors (Lipinski definition) is 2. The van der Waals surface area contributed by atoms with Crippen molar-refractivity contribution >= 4 is 34.8 Å². The Morgan fingerprint density at radius 2 is 1.94 bits per heavy atom. The van der Waals surface area contributed by atoms with Gasteiger partial charge in [-0.05, 0) is 31.7 Å². The molecule has 1 fully saturated rings. The van der Waals surface area contributed by atoms with E-state index in [2.05, 4.69) is 5.32 Å². The van der Waals surface area contributed by atoms with E-state index in [9.17, 15) is 4.79 Å². The average Bonchev–Trinajstić information content (AvgIpc) is 2.58. The number of halogens is 2. The first-order valence-corrected chi connectivity index (χ1v) is 5.82. The first-order valence-electron chi connectivity index (χ1n) is 5.06. The molecule has 1 aromatic carbocycles. The van der Waals surface area contributed by atoms with E-state index in [1.807, 2.05) is 0 Å². The van der Waals surface area contributed by atoms with E-state index in [0.717, 1.165) is 12.1 Å². The van der Waals surface area contributed by atoms with Crippen molar-refractivity contribution in [3.05, 3.63) is 28.2 Å². The second-order valence-corrected chi connectivity index (χ2v) is 4.62. The quantitative estimate of drug-likeness (QED) is 0.883. The Balaban J connectivity index is 2.28. The maximum atomic E-state index is 11.9. The third-order valence-electron chi connectivity index (χ3n) is 2.71. The van der Waals surface area contributed by atoms with Crippen LogP contribution in [-0.2, 0) is 4.79 Å². The topological polar surface area (TPSA) is 32.3 Å². The molecule has 1 atom stereocenters. The number of amides is 1. The van der Waals surface area contributed by atoms with E-state index >= 15 is 0 Å². The van der Waals surface area contributed by atoms with Gasteiger partial charge in [-0.3, -0.25) is 4.79 Å². The van der Waals surface area contributed by atoms with Crippen LogP contribution in [0.5, 0.6) is 0 Å². The maximum Gasteiger partial charge on any atom is 0.244 e. The van der Waals surface area contributed by atoms with Gasteiger partial charge in [0.25, 0.3) is 0 Å². The average molecular weight is 259 g/mol. The molecule has 1 heterocycles. The maximum absolute atomic E-state index is 11.9. The molecular weight excluding hydrogens is 247 g/mol. The number of rotatable bonds is 2. The normalized spacial score (nSPS) is 20.6. The molecule has 2 rings (SSSR count). The minimum atomic E-state index is -0.0993. The molecule has 86 valence electrons. The number of hydrogen-bond donors (Lipinski definition) is 1. The fraction of sp³-hybridized carbons (Fsp3) is 0.364. The lowest BCUT2D eigenvalue weighted by Gasteiger charge is -2.17. The molecule has 5 heteroatoms. The molecule has 0 spiro atoms. The van der Waals surface area contributed by atoms with Gasteiger partial charge in [-0.25, -0.2) is 0 Å². The highest BCUT2D eigenvalue weighted by molar-refractivity contribution is 6.35. The lowest BCUT2D eigenvalue weighted by Crippen LogP contribution is -2.36. The van der Waals surface area contributed by atoms with Crippen molar-refractivity contribution in [1.29, 1.82) is 0 Å². The number of carbonyl (C=O) groups excluding carboxylic acids is 1. The van der Waals surface area contributed by atoms with Crippen molar-refractivity contribution in [2.45, 2.75) is 12.5 Å². The third kappa shape index (κ3) is 2.17. The summed E-state index contributed by atoms with van der Waals surface area (Å²) in [5.41, 5.74) is 0.764. The molecule has 0 bridgehead atoms. The second kappa shape index (κ2) is 4.62. The van der Waals surface area contributed by atoms with Crippen molar-refractivity contribution in [3.63, 3.8) is 0 Å². The van der Waals surface area contributed by atoms with Gasteiger partial charge in [-0.2, -0.15) is 0 Å². The summed E-state index contributed by atoms with van der Waals surface area (Å²) in [4.78, 5) is 13.6. The Hall–Kier alpha value is -0.770. The van der Waals surface area contributed by atoms with E-state index in [0.29, 0.717) is 16.6 Å². The smallest absolute Gasteiger partial charge is 0.244 e. The summed E-state index contributed by atoms with van der Waals surface area (Å²) < 4.78 is 0. The molecule has 1 amide bonds. The number of carbonyl (C=O) groups is 1. The first kappa shape index (κ1) is 11.7. The van der Waals surface area contributed by atoms with Gasteiger partial charge in [0.05, 0.1) is 6.04 Å². The number of nitrogens with zero attached hydrogens (tertiary/aromatic N) is 1. The molecule has 1 saturated heterocycles. The highest BCUT2D eigenvalue weighted by Gasteiger charge is 2.31. The first-order chi connectivity index (χ1) is 7.61. The number of likely N-dealkylation sites (N-methyl/N-ethyl adjacent to an activating group) is 1. The van der Waals surface area contributed by atoms with Crippen LogP contribution in [0.4, 0.5) is 5.69 Å². The Morgan fingerprint density at radius 1 is 1.31 bits per heavy atom. The molecule has 0 saturated carbocycles. The molecule has 1 aliphatic rings. The summed E-state index contributed by atoms with van der Waals surface area (Å²) in [5.74, 6) is 0.0702. The van der Waals surface area contributed by atoms with Gasteiger partial charge in [-0.1, -0.05) is 23.2 Å². The standard InChI is InChI=1S/C11H12Cl2N2O/c1-14-10-2-3-15(11(10)16)9-5-7(12)4-8(13)6-9/h4-6,10,14H,2-3H2,1H3. The Labute approximate surface area is 104 Å². The molecule has 0 radical (unpaired) electrons. The van der Waals surface area contributed by atoms with Crippen LogP contribution >= 0.6 is 23.2 Å². The third-order valence-corrected chi connectivity index (χ3v) is 3.15. The summed E-state index contributed by atoms with van der Waals surface area (Å²) >= 11 is 11.8. The van der Waals surface area contributed by atoms with E-state index in [4.69, 9.17) is 23.2 Å². The van der Waals surface area contributed by atoms with E-state index in [1.165, 1.54) is 0 Å². The predicted molar refractivity (Wildman–Crippen MR) is 66.3 cm³/mol. The number of anilines is 1. The van der Waals surface area contributed by atoms with E-state index in [1.54, 1.807) is 30.1 Å². The minimum absolute atomic E-state index is 0.0702. The zero-order valence-electron chi connectivity index (χ0n) is 8.84. The van der Waals surface area contributed by atoms with Crippen LogP contribution in [0.25, 0.3) is 0 Å². The summed E-state index contributed by atoms with van der Waals surface area (Å²) in [6.45, 7) is 0.695. The molecule has 1 aliphatic heterocycles. The van der Waals surface area contributed by atoms with Crippen LogP contribution in [0.1, 0.15) is 6.42 Å². The summed E-state index contributed by atoms with van der Waals surface area (Å²) in [6.07, 6.45) is 0.805. The summed E-state index contributed by atoms with van der Waals surface area (Å²) in [6, 6.07) is 5.06. The Bertz CT molecular complexity index is 402. The van der Waals surface area contributed by atoms with Crippen LogP contribution in [0.2, 0.25) is 10.0 Å². The van der Waals surface area contributed by atoms with Gasteiger partial charge >= 0.3 is 0 Å². The van der Waals surface area contributed by atoms with Crippen molar-refractivity contribution in [3.8, 4) is 0 Å². The van der Waals surface area contributed by atoms with Crippen LogP contribution < -0.4 is 10.2 Å². The van der Waals surface area contributed by atoms with Gasteiger partial charge in [-0.15, -0.1) is 0 Å². The zero-order chi connectivity index (χ0) is 11.7. The zero-order valence-corrected chi connectivity index (χ0v) is 10.3. The predicted octanol–water partition coefficient (Wildman–Crippen LogP) is 2.32. The summed E-state index contributed by atoms with van der Waals surface area (Å²) in [7, 11) is 1.79. The van der Waals surface area contributed by atoms with Gasteiger partial charge < -0.3 is 10.2 Å². The largest absolute Gasteiger partial charge is 0.311 e. The van der Waals surface area contributed by atoms with Crippen LogP contribution in [0.3, 0.4) is 0 Å². The molecule has 1 aromatic rings. The molecule has 1 N–H and O–H groups in total. The lowest BCUT2D eigenvalue weighted by atomic mass is 10.2. The van der Waals surface area contributed by atoms with Crippen molar-refractivity contribution in [1.82, 2.24) is 5.32 Å². The summed E-state index contributed by atoms with van der Waals surface area (Å²) in [5, 5.41) is 4.07. The number of benzene rings is 1. The fourth-order valence-corrected chi connectivity index (χ4v) is 2.41. The van der Waals surface area contributed by atoms with Gasteiger partial charge in [0.15, 0.2) is 0 Å². The highest BCUT2D eigenvalue weighted by atomic mass is 35.5. The number of nitrogens with one attached hydrogen (secondary N) is 1. The second-order valence-electron chi connectivity index (χ2n) is 3.75. The van der Waals surface area contributed by atoms with Gasteiger partial charge in [0.1, 0.15) is 0 Å². The van der Waals surface area contributed by atoms with Gasteiger partial charge in [0.2, 0.25) is 5.91 Å². The molecule has 1 unspecified atom stereocenters. The van der Waals surface area contributed by atoms with Gasteiger partial charge in [0, 0.05) is 22.3 Å².